The molecule has 0 amide bonds. The van der Waals surface area contributed by atoms with Crippen LogP contribution in [0.2, 0.25) is 0 Å². The van der Waals surface area contributed by atoms with Crippen molar-refractivity contribution in [2.24, 2.45) is 5.92 Å². The first-order chi connectivity index (χ1) is 7.16. The van der Waals surface area contributed by atoms with Crippen LogP contribution in [0.15, 0.2) is 18.2 Å². The van der Waals surface area contributed by atoms with E-state index < -0.39 is 12.9 Å². The van der Waals surface area contributed by atoms with Gasteiger partial charge in [-0.2, -0.15) is 0 Å². The summed E-state index contributed by atoms with van der Waals surface area (Å²) < 4.78 is 18.6. The largest absolute Gasteiger partial charge is 0.493 e. The molecule has 15 heavy (non-hydrogen) atoms. The van der Waals surface area contributed by atoms with Crippen LogP contribution in [0, 0.1) is 11.7 Å². The van der Waals surface area contributed by atoms with Gasteiger partial charge >= 0.3 is 7.12 Å². The second-order valence-electron chi connectivity index (χ2n) is 3.81. The van der Waals surface area contributed by atoms with E-state index in [2.05, 4.69) is 0 Å². The van der Waals surface area contributed by atoms with Gasteiger partial charge in [-0.3, -0.25) is 0 Å². The molecule has 0 unspecified atom stereocenters. The van der Waals surface area contributed by atoms with Crippen molar-refractivity contribution in [2.45, 2.75) is 12.8 Å². The summed E-state index contributed by atoms with van der Waals surface area (Å²) in [7, 11) is -1.78. The van der Waals surface area contributed by atoms with E-state index in [1.165, 1.54) is 25.0 Å². The van der Waals surface area contributed by atoms with Gasteiger partial charge in [-0.25, -0.2) is 4.39 Å². The van der Waals surface area contributed by atoms with Crippen LogP contribution in [0.4, 0.5) is 4.39 Å². The third kappa shape index (κ3) is 2.70. The second-order valence-corrected chi connectivity index (χ2v) is 3.81. The van der Waals surface area contributed by atoms with Crippen molar-refractivity contribution in [1.29, 1.82) is 0 Å². The molecule has 1 aliphatic rings. The maximum absolute atomic E-state index is 13.2. The van der Waals surface area contributed by atoms with E-state index >= 15 is 0 Å². The molecule has 0 heterocycles. The molecule has 5 heteroatoms. The molecule has 0 spiro atoms. The lowest BCUT2D eigenvalue weighted by atomic mass is 9.80. The van der Waals surface area contributed by atoms with Crippen LogP contribution in [-0.2, 0) is 0 Å². The smallest absolute Gasteiger partial charge is 0.491 e. The number of halogens is 1. The van der Waals surface area contributed by atoms with Crippen molar-refractivity contribution in [3.8, 4) is 5.75 Å². The number of rotatable bonds is 4. The molecular formula is C10H12BFO3. The predicted molar refractivity (Wildman–Crippen MR) is 54.4 cm³/mol. The van der Waals surface area contributed by atoms with E-state index in [-0.39, 0.29) is 5.46 Å². The van der Waals surface area contributed by atoms with Gasteiger partial charge < -0.3 is 14.8 Å². The molecule has 0 atom stereocenters. The molecular weight excluding hydrogens is 198 g/mol. The summed E-state index contributed by atoms with van der Waals surface area (Å²) in [6.45, 7) is 0.612. The maximum Gasteiger partial charge on any atom is 0.491 e. The lowest BCUT2D eigenvalue weighted by Gasteiger charge is -2.07. The standard InChI is InChI=1S/C10H12BFO3/c12-10-5-8(15-6-7-1-2-7)3-4-9(10)11(13)14/h3-5,7,13-14H,1-2,6H2. The molecule has 1 saturated carbocycles. The summed E-state index contributed by atoms with van der Waals surface area (Å²) in [5.74, 6) is 0.387. The zero-order chi connectivity index (χ0) is 10.8. The molecule has 1 aliphatic carbocycles. The van der Waals surface area contributed by atoms with Gasteiger partial charge in [-0.15, -0.1) is 0 Å². The first-order valence-electron chi connectivity index (χ1n) is 4.95. The molecule has 80 valence electrons. The van der Waals surface area contributed by atoms with Gasteiger partial charge in [0.1, 0.15) is 11.6 Å². The molecule has 1 aromatic rings. The monoisotopic (exact) mass is 210 g/mol. The summed E-state index contributed by atoms with van der Waals surface area (Å²) in [6, 6.07) is 4.04. The van der Waals surface area contributed by atoms with E-state index in [9.17, 15) is 4.39 Å². The highest BCUT2D eigenvalue weighted by Crippen LogP contribution is 2.29. The predicted octanol–water partition coefficient (Wildman–Crippen LogP) is 0.294. The second kappa shape index (κ2) is 4.20. The molecule has 0 bridgehead atoms. The summed E-state index contributed by atoms with van der Waals surface area (Å²) >= 11 is 0. The molecule has 2 N–H and O–H groups in total. The van der Waals surface area contributed by atoms with E-state index in [0.717, 1.165) is 0 Å². The van der Waals surface area contributed by atoms with Crippen LogP contribution in [-0.4, -0.2) is 23.8 Å². The Labute approximate surface area is 87.6 Å². The lowest BCUT2D eigenvalue weighted by Crippen LogP contribution is -2.32. The van der Waals surface area contributed by atoms with E-state index in [1.54, 1.807) is 6.07 Å². The van der Waals surface area contributed by atoms with E-state index in [1.807, 2.05) is 0 Å². The third-order valence-corrected chi connectivity index (χ3v) is 2.43. The average molecular weight is 210 g/mol. The number of hydrogen-bond donors (Lipinski definition) is 2. The van der Waals surface area contributed by atoms with Crippen LogP contribution in [0.3, 0.4) is 0 Å². The highest BCUT2D eigenvalue weighted by atomic mass is 19.1. The minimum atomic E-state index is -1.78. The number of benzene rings is 1. The Hall–Kier alpha value is -1.07. The Morgan fingerprint density at radius 2 is 2.13 bits per heavy atom. The maximum atomic E-state index is 13.2. The van der Waals surface area contributed by atoms with Crippen LogP contribution in [0.5, 0.6) is 5.75 Å². The van der Waals surface area contributed by atoms with Crippen molar-refractivity contribution in [3.05, 3.63) is 24.0 Å². The average Bonchev–Trinajstić information content (AvgIpc) is 2.97. The zero-order valence-electron chi connectivity index (χ0n) is 8.19. The Balaban J connectivity index is 2.03. The molecule has 0 saturated heterocycles. The summed E-state index contributed by atoms with van der Waals surface area (Å²) in [5.41, 5.74) is -0.131. The summed E-state index contributed by atoms with van der Waals surface area (Å²) in [5, 5.41) is 17.6. The van der Waals surface area contributed by atoms with E-state index in [4.69, 9.17) is 14.8 Å². The van der Waals surface area contributed by atoms with Crippen LogP contribution in [0.25, 0.3) is 0 Å². The Bertz CT molecular complexity index is 353. The molecule has 1 aromatic carbocycles. The van der Waals surface area contributed by atoms with Gasteiger partial charge in [0.2, 0.25) is 0 Å². The van der Waals surface area contributed by atoms with Gasteiger partial charge in [0, 0.05) is 11.5 Å². The van der Waals surface area contributed by atoms with Crippen molar-refractivity contribution in [3.63, 3.8) is 0 Å². The van der Waals surface area contributed by atoms with Crippen molar-refractivity contribution in [1.82, 2.24) is 0 Å². The molecule has 2 rings (SSSR count). The van der Waals surface area contributed by atoms with Gasteiger partial charge in [0.25, 0.3) is 0 Å². The normalized spacial score (nSPS) is 15.1. The molecule has 0 radical (unpaired) electrons. The highest BCUT2D eigenvalue weighted by molar-refractivity contribution is 6.58. The lowest BCUT2D eigenvalue weighted by molar-refractivity contribution is 0.298. The Kier molecular flexibility index (Phi) is 2.93. The van der Waals surface area contributed by atoms with Gasteiger partial charge in [-0.05, 0) is 24.8 Å². The Morgan fingerprint density at radius 1 is 1.40 bits per heavy atom. The fourth-order valence-corrected chi connectivity index (χ4v) is 1.31. The fraction of sp³-hybridized carbons (Fsp3) is 0.400. The molecule has 0 aliphatic heterocycles. The summed E-state index contributed by atoms with van der Waals surface area (Å²) in [4.78, 5) is 0. The van der Waals surface area contributed by atoms with Gasteiger partial charge in [0.05, 0.1) is 6.61 Å². The van der Waals surface area contributed by atoms with E-state index in [0.29, 0.717) is 18.3 Å². The van der Waals surface area contributed by atoms with Crippen molar-refractivity contribution >= 4 is 12.6 Å². The van der Waals surface area contributed by atoms with Crippen LogP contribution in [0.1, 0.15) is 12.8 Å². The quantitative estimate of drug-likeness (QED) is 0.702. The third-order valence-electron chi connectivity index (χ3n) is 2.43. The van der Waals surface area contributed by atoms with Crippen molar-refractivity contribution in [2.75, 3.05) is 6.61 Å². The fourth-order valence-electron chi connectivity index (χ4n) is 1.31. The zero-order valence-corrected chi connectivity index (χ0v) is 8.19. The van der Waals surface area contributed by atoms with Gasteiger partial charge in [0.15, 0.2) is 0 Å². The molecule has 1 fully saturated rings. The van der Waals surface area contributed by atoms with Crippen molar-refractivity contribution < 1.29 is 19.2 Å². The first-order valence-corrected chi connectivity index (χ1v) is 4.95. The highest BCUT2D eigenvalue weighted by Gasteiger charge is 2.22. The number of hydrogen-bond acceptors (Lipinski definition) is 3. The van der Waals surface area contributed by atoms with Crippen LogP contribution < -0.4 is 10.2 Å². The molecule has 3 nitrogen and oxygen atoms in total. The van der Waals surface area contributed by atoms with Crippen LogP contribution >= 0.6 is 0 Å². The Morgan fingerprint density at radius 3 is 2.67 bits per heavy atom. The number of ether oxygens (including phenoxy) is 1. The minimum absolute atomic E-state index is 0.131. The molecule has 0 aromatic heterocycles. The SMILES string of the molecule is OB(O)c1ccc(OCC2CC2)cc1F. The van der Waals surface area contributed by atoms with Gasteiger partial charge in [-0.1, -0.05) is 6.07 Å². The topological polar surface area (TPSA) is 49.7 Å². The summed E-state index contributed by atoms with van der Waals surface area (Å²) in [6.07, 6.45) is 2.35. The first kappa shape index (κ1) is 10.5. The minimum Gasteiger partial charge on any atom is -0.493 e.